The van der Waals surface area contributed by atoms with Gasteiger partial charge in [-0.3, -0.25) is 15.0 Å². The number of hydrazine groups is 1. The van der Waals surface area contributed by atoms with Crippen LogP contribution in [0.15, 0.2) is 36.4 Å². The van der Waals surface area contributed by atoms with Gasteiger partial charge in [0, 0.05) is 6.54 Å². The molecular weight excluding hydrogens is 452 g/mol. The van der Waals surface area contributed by atoms with Gasteiger partial charge in [-0.1, -0.05) is 70.2 Å². The first kappa shape index (κ1) is 29.8. The van der Waals surface area contributed by atoms with E-state index in [1.165, 1.54) is 0 Å². The van der Waals surface area contributed by atoms with E-state index in [9.17, 15) is 18.0 Å². The van der Waals surface area contributed by atoms with Crippen molar-refractivity contribution in [2.24, 2.45) is 23.7 Å². The fraction of sp³-hybridized carbons (Fsp3) is 0.615. The fourth-order valence-electron chi connectivity index (χ4n) is 3.48. The largest absolute Gasteiger partial charge is 0.460 e. The first-order valence-corrected chi connectivity index (χ1v) is 13.7. The Morgan fingerprint density at radius 3 is 2.09 bits per heavy atom. The van der Waals surface area contributed by atoms with Gasteiger partial charge in [-0.2, -0.15) is 0 Å². The van der Waals surface area contributed by atoms with Crippen molar-refractivity contribution in [3.63, 3.8) is 0 Å². The minimum atomic E-state index is -3.67. The lowest BCUT2D eigenvalue weighted by Crippen LogP contribution is -2.51. The quantitative estimate of drug-likeness (QED) is 0.337. The number of nitrogens with one attached hydrogen (secondary N) is 1. The lowest BCUT2D eigenvalue weighted by Gasteiger charge is -2.31. The van der Waals surface area contributed by atoms with Gasteiger partial charge in [0.25, 0.3) is 0 Å². The van der Waals surface area contributed by atoms with E-state index < -0.39 is 39.3 Å². The van der Waals surface area contributed by atoms with Crippen LogP contribution in [0.1, 0.15) is 66.9 Å². The summed E-state index contributed by atoms with van der Waals surface area (Å²) in [6.45, 7) is 13.2. The molecule has 0 aliphatic rings. The first-order valence-electron chi connectivity index (χ1n) is 11.8. The van der Waals surface area contributed by atoms with Crippen molar-refractivity contribution < 1.29 is 22.7 Å². The van der Waals surface area contributed by atoms with Gasteiger partial charge in [-0.15, -0.1) is 4.41 Å². The van der Waals surface area contributed by atoms with E-state index in [-0.39, 0.29) is 24.8 Å². The monoisotopic (exact) mass is 494 g/mol. The molecule has 1 amide bonds. The molecule has 1 rings (SSSR count). The second-order valence-corrected chi connectivity index (χ2v) is 12.5. The number of hydrogen-bond acceptors (Lipinski definition) is 5. The Morgan fingerprint density at radius 1 is 1.03 bits per heavy atom. The molecule has 0 saturated carbocycles. The minimum Gasteiger partial charge on any atom is -0.460 e. The molecule has 0 heterocycles. The van der Waals surface area contributed by atoms with Crippen molar-refractivity contribution in [3.05, 3.63) is 42.0 Å². The van der Waals surface area contributed by atoms with Crippen molar-refractivity contribution >= 4 is 28.0 Å². The van der Waals surface area contributed by atoms with E-state index in [0.717, 1.165) is 16.2 Å². The Hall–Kier alpha value is -2.19. The Bertz CT molecular complexity index is 918. The lowest BCUT2D eigenvalue weighted by atomic mass is 9.82. The van der Waals surface area contributed by atoms with E-state index in [4.69, 9.17) is 4.74 Å². The molecular formula is C26H42N2O5S. The third-order valence-corrected chi connectivity index (χ3v) is 5.96. The Kier molecular flexibility index (Phi) is 11.5. The van der Waals surface area contributed by atoms with Crippen molar-refractivity contribution in [3.8, 4) is 0 Å². The van der Waals surface area contributed by atoms with Crippen molar-refractivity contribution in [2.45, 2.75) is 66.9 Å². The summed E-state index contributed by atoms with van der Waals surface area (Å²) in [4.78, 5) is 26.6. The molecule has 0 radical (unpaired) electrons. The van der Waals surface area contributed by atoms with Crippen LogP contribution in [-0.2, 0) is 24.3 Å². The van der Waals surface area contributed by atoms with Crippen LogP contribution in [0.25, 0.3) is 6.08 Å². The van der Waals surface area contributed by atoms with Crippen LogP contribution >= 0.6 is 0 Å². The summed E-state index contributed by atoms with van der Waals surface area (Å²) in [6, 6.07) is 9.68. The van der Waals surface area contributed by atoms with Gasteiger partial charge in [-0.25, -0.2) is 8.42 Å². The van der Waals surface area contributed by atoms with Crippen LogP contribution in [0.3, 0.4) is 0 Å². The van der Waals surface area contributed by atoms with Gasteiger partial charge in [0.05, 0.1) is 18.1 Å². The molecule has 0 saturated heterocycles. The second kappa shape index (κ2) is 13.0. The molecule has 1 N–H and O–H groups in total. The molecule has 2 atom stereocenters. The van der Waals surface area contributed by atoms with Gasteiger partial charge in [0.1, 0.15) is 5.60 Å². The summed E-state index contributed by atoms with van der Waals surface area (Å²) in [5.41, 5.74) is 2.84. The van der Waals surface area contributed by atoms with Crippen LogP contribution in [0.2, 0.25) is 0 Å². The number of hydrogen-bond donors (Lipinski definition) is 1. The Labute approximate surface area is 206 Å². The van der Waals surface area contributed by atoms with Crippen LogP contribution in [0.4, 0.5) is 0 Å². The van der Waals surface area contributed by atoms with E-state index >= 15 is 0 Å². The SMILES string of the molecule is CC(C)C[C@@H](C(=O)NN(CC(C)C)S(C)(=O)=O)[C@H](C/C=C/c1ccccc1)C(=O)OC(C)(C)C. The van der Waals surface area contributed by atoms with E-state index in [2.05, 4.69) is 5.43 Å². The summed E-state index contributed by atoms with van der Waals surface area (Å²) in [7, 11) is -3.67. The molecule has 0 aliphatic heterocycles. The topological polar surface area (TPSA) is 92.8 Å². The molecule has 0 spiro atoms. The number of carbonyl (C=O) groups excluding carboxylic acids is 2. The average Bonchev–Trinajstić information content (AvgIpc) is 2.67. The van der Waals surface area contributed by atoms with Crippen molar-refractivity contribution in [2.75, 3.05) is 12.8 Å². The minimum absolute atomic E-state index is 0.00836. The number of nitrogens with zero attached hydrogens (tertiary/aromatic N) is 1. The number of ether oxygens (including phenoxy) is 1. The highest BCUT2D eigenvalue weighted by molar-refractivity contribution is 7.88. The zero-order chi connectivity index (χ0) is 26.1. The number of esters is 1. The Morgan fingerprint density at radius 2 is 1.62 bits per heavy atom. The summed E-state index contributed by atoms with van der Waals surface area (Å²) >= 11 is 0. The molecule has 1 aromatic carbocycles. The van der Waals surface area contributed by atoms with Gasteiger partial charge in [-0.05, 0) is 51.0 Å². The first-order chi connectivity index (χ1) is 15.6. The van der Waals surface area contributed by atoms with Gasteiger partial charge in [0.2, 0.25) is 15.9 Å². The molecule has 192 valence electrons. The maximum Gasteiger partial charge on any atom is 0.310 e. The van der Waals surface area contributed by atoms with Crippen LogP contribution in [0.5, 0.6) is 0 Å². The number of amides is 1. The number of allylic oxidation sites excluding steroid dienone is 1. The zero-order valence-electron chi connectivity index (χ0n) is 21.9. The number of benzene rings is 1. The fourth-order valence-corrected chi connectivity index (χ4v) is 4.31. The van der Waals surface area contributed by atoms with E-state index in [0.29, 0.717) is 6.42 Å². The zero-order valence-corrected chi connectivity index (χ0v) is 22.7. The lowest BCUT2D eigenvalue weighted by molar-refractivity contribution is -0.164. The molecule has 0 aromatic heterocycles. The van der Waals surface area contributed by atoms with E-state index in [1.807, 2.05) is 70.2 Å². The molecule has 0 bridgehead atoms. The smallest absolute Gasteiger partial charge is 0.310 e. The van der Waals surface area contributed by atoms with Gasteiger partial charge in [0.15, 0.2) is 0 Å². The molecule has 0 fully saturated rings. The third-order valence-electron chi connectivity index (χ3n) is 4.92. The standard InChI is InChI=1S/C26H42N2O5S/c1-19(2)17-23(24(29)27-28(18-20(3)4)34(8,31)32)22(25(30)33-26(5,6)7)16-12-15-21-13-10-9-11-14-21/h9-15,19-20,22-23H,16-18H2,1-8H3,(H,27,29)/b15-12+/t22-,23+/m0/s1. The van der Waals surface area contributed by atoms with Crippen molar-refractivity contribution in [1.82, 2.24) is 9.84 Å². The molecule has 0 unspecified atom stereocenters. The number of rotatable bonds is 12. The second-order valence-electron chi connectivity index (χ2n) is 10.6. The van der Waals surface area contributed by atoms with Gasteiger partial charge < -0.3 is 4.74 Å². The summed E-state index contributed by atoms with van der Waals surface area (Å²) in [6.07, 6.45) is 5.53. The highest BCUT2D eigenvalue weighted by atomic mass is 32.2. The van der Waals surface area contributed by atoms with Crippen LogP contribution in [0, 0.1) is 23.7 Å². The van der Waals surface area contributed by atoms with Gasteiger partial charge >= 0.3 is 5.97 Å². The summed E-state index contributed by atoms with van der Waals surface area (Å²) < 4.78 is 31.2. The molecule has 0 aliphatic carbocycles. The van der Waals surface area contributed by atoms with Crippen LogP contribution < -0.4 is 5.43 Å². The molecule has 7 nitrogen and oxygen atoms in total. The van der Waals surface area contributed by atoms with Crippen molar-refractivity contribution in [1.29, 1.82) is 0 Å². The third kappa shape index (κ3) is 11.3. The molecule has 1 aromatic rings. The summed E-state index contributed by atoms with van der Waals surface area (Å²) in [5.74, 6) is -2.37. The Balaban J connectivity index is 3.29. The average molecular weight is 495 g/mol. The maximum absolute atomic E-state index is 13.4. The van der Waals surface area contributed by atoms with E-state index in [1.54, 1.807) is 20.8 Å². The number of carbonyl (C=O) groups is 2. The highest BCUT2D eigenvalue weighted by Gasteiger charge is 2.37. The predicted octanol–water partition coefficient (Wildman–Crippen LogP) is 4.66. The maximum atomic E-state index is 13.4. The predicted molar refractivity (Wildman–Crippen MR) is 137 cm³/mol. The number of sulfonamides is 1. The molecule has 34 heavy (non-hydrogen) atoms. The molecule has 8 heteroatoms. The highest BCUT2D eigenvalue weighted by Crippen LogP contribution is 2.28. The summed E-state index contributed by atoms with van der Waals surface area (Å²) in [5, 5.41) is 0. The normalized spacial score (nSPS) is 14.6. The van der Waals surface area contributed by atoms with Crippen LogP contribution in [-0.4, -0.2) is 43.1 Å².